The van der Waals surface area contributed by atoms with E-state index in [1.54, 1.807) is 16.8 Å². The van der Waals surface area contributed by atoms with Crippen molar-refractivity contribution in [3.8, 4) is 5.88 Å². The molecule has 0 bridgehead atoms. The van der Waals surface area contributed by atoms with E-state index in [0.29, 0.717) is 40.9 Å². The van der Waals surface area contributed by atoms with E-state index in [4.69, 9.17) is 4.74 Å². The Morgan fingerprint density at radius 2 is 1.47 bits per heavy atom. The number of hydrogen-bond donors (Lipinski definition) is 0. The van der Waals surface area contributed by atoms with E-state index in [1.165, 1.54) is 11.1 Å². The average molecular weight is 449 g/mol. The van der Waals surface area contributed by atoms with Gasteiger partial charge in [-0.05, 0) is 28.5 Å². The van der Waals surface area contributed by atoms with Gasteiger partial charge in [-0.1, -0.05) is 81.3 Å². The lowest BCUT2D eigenvalue weighted by atomic mass is 10.0. The molecular formula is C25H28N4O2S. The van der Waals surface area contributed by atoms with Crippen molar-refractivity contribution in [1.82, 2.24) is 19.6 Å². The lowest BCUT2D eigenvalue weighted by molar-refractivity contribution is 0.290. The van der Waals surface area contributed by atoms with E-state index in [-0.39, 0.29) is 0 Å². The molecule has 1 unspecified atom stereocenters. The minimum Gasteiger partial charge on any atom is -0.609 e. The maximum Gasteiger partial charge on any atom is 0.348 e. The summed E-state index contributed by atoms with van der Waals surface area (Å²) in [7, 11) is 0. The van der Waals surface area contributed by atoms with E-state index in [1.807, 2.05) is 12.1 Å². The van der Waals surface area contributed by atoms with Gasteiger partial charge in [0.25, 0.3) is 5.88 Å². The van der Waals surface area contributed by atoms with Crippen LogP contribution in [0.5, 0.6) is 5.88 Å². The monoisotopic (exact) mass is 448 g/mol. The summed E-state index contributed by atoms with van der Waals surface area (Å²) >= 11 is -1.37. The highest BCUT2D eigenvalue weighted by atomic mass is 32.2. The Balaban J connectivity index is 1.49. The fraction of sp³-hybridized carbons (Fsp3) is 0.320. The minimum absolute atomic E-state index is 0.324. The zero-order valence-electron chi connectivity index (χ0n) is 18.9. The van der Waals surface area contributed by atoms with Gasteiger partial charge >= 0.3 is 5.16 Å². The van der Waals surface area contributed by atoms with Crippen molar-refractivity contribution in [3.05, 3.63) is 83.2 Å². The molecule has 0 amide bonds. The van der Waals surface area contributed by atoms with Crippen molar-refractivity contribution < 1.29 is 9.29 Å². The van der Waals surface area contributed by atoms with Crippen LogP contribution >= 0.6 is 0 Å². The van der Waals surface area contributed by atoms with Crippen LogP contribution in [0.25, 0.3) is 5.65 Å². The van der Waals surface area contributed by atoms with Gasteiger partial charge in [-0.25, -0.2) is 9.38 Å². The summed E-state index contributed by atoms with van der Waals surface area (Å²) in [6, 6.07) is 16.5. The number of aromatic nitrogens is 4. The third-order valence-electron chi connectivity index (χ3n) is 5.43. The number of nitrogens with zero attached hydrogens (tertiary/aromatic N) is 4. The van der Waals surface area contributed by atoms with E-state index in [0.717, 1.165) is 11.1 Å². The normalized spacial score (nSPS) is 12.6. The van der Waals surface area contributed by atoms with Gasteiger partial charge < -0.3 is 9.29 Å². The summed E-state index contributed by atoms with van der Waals surface area (Å²) < 4.78 is 20.6. The average Bonchev–Trinajstić information content (AvgIpc) is 3.28. The molecule has 2 heterocycles. The molecule has 4 rings (SSSR count). The molecule has 0 radical (unpaired) electrons. The van der Waals surface area contributed by atoms with Gasteiger partial charge in [0.1, 0.15) is 12.4 Å². The lowest BCUT2D eigenvalue weighted by Gasteiger charge is -2.13. The molecule has 0 N–H and O–H groups in total. The van der Waals surface area contributed by atoms with Gasteiger partial charge in [-0.15, -0.1) is 5.10 Å². The molecule has 166 valence electrons. The summed E-state index contributed by atoms with van der Waals surface area (Å²) in [4.78, 5) is 4.35. The first-order valence-electron chi connectivity index (χ1n) is 10.8. The molecular weight excluding hydrogens is 420 g/mol. The SMILES string of the molecule is CC(C)c1ccc(COc2nnc([S+]([O-])Cc3ccc(C(C)C)cc3)n3ccnc23)cc1. The molecule has 0 fully saturated rings. The van der Waals surface area contributed by atoms with Gasteiger partial charge in [-0.3, -0.25) is 0 Å². The van der Waals surface area contributed by atoms with Crippen molar-refractivity contribution in [2.45, 2.75) is 57.0 Å². The van der Waals surface area contributed by atoms with Gasteiger partial charge in [0.05, 0.1) is 0 Å². The van der Waals surface area contributed by atoms with E-state index >= 15 is 0 Å². The van der Waals surface area contributed by atoms with Crippen LogP contribution in [0.2, 0.25) is 0 Å². The second kappa shape index (κ2) is 9.71. The first-order valence-corrected chi connectivity index (χ1v) is 12.1. The molecule has 0 aliphatic rings. The summed E-state index contributed by atoms with van der Waals surface area (Å²) in [5.41, 5.74) is 5.09. The standard InChI is InChI=1S/C25H28N4O2S/c1-17(2)21-9-5-19(6-10-21)15-31-24-23-26-13-14-29(23)25(28-27-24)32(30)16-20-7-11-22(12-8-20)18(3)4/h5-14,17-18H,15-16H2,1-4H3. The number of benzene rings is 2. The van der Waals surface area contributed by atoms with Crippen molar-refractivity contribution >= 4 is 16.8 Å². The van der Waals surface area contributed by atoms with E-state index < -0.39 is 11.2 Å². The predicted octanol–water partition coefficient (Wildman–Crippen LogP) is 5.26. The van der Waals surface area contributed by atoms with Gasteiger partial charge in [0.2, 0.25) is 5.65 Å². The smallest absolute Gasteiger partial charge is 0.348 e. The van der Waals surface area contributed by atoms with Crippen LogP contribution in [-0.4, -0.2) is 24.1 Å². The topological polar surface area (TPSA) is 75.4 Å². The van der Waals surface area contributed by atoms with Crippen LogP contribution in [0.3, 0.4) is 0 Å². The Hall–Kier alpha value is -2.90. The number of fused-ring (bicyclic) bond motifs is 1. The molecule has 2 aromatic heterocycles. The highest BCUT2D eigenvalue weighted by Gasteiger charge is 2.22. The van der Waals surface area contributed by atoms with Crippen molar-refractivity contribution in [1.29, 1.82) is 0 Å². The number of hydrogen-bond acceptors (Lipinski definition) is 5. The Morgan fingerprint density at radius 1 is 0.875 bits per heavy atom. The molecule has 0 aliphatic heterocycles. The highest BCUT2D eigenvalue weighted by Crippen LogP contribution is 2.23. The molecule has 32 heavy (non-hydrogen) atoms. The van der Waals surface area contributed by atoms with Crippen LogP contribution in [-0.2, 0) is 23.5 Å². The zero-order chi connectivity index (χ0) is 22.7. The molecule has 0 saturated carbocycles. The fourth-order valence-electron chi connectivity index (χ4n) is 3.41. The summed E-state index contributed by atoms with van der Waals surface area (Å²) in [5.74, 6) is 1.64. The van der Waals surface area contributed by atoms with Gasteiger partial charge in [0.15, 0.2) is 0 Å². The number of rotatable bonds is 8. The van der Waals surface area contributed by atoms with Crippen molar-refractivity contribution in [3.63, 3.8) is 0 Å². The van der Waals surface area contributed by atoms with Crippen LogP contribution in [0.1, 0.15) is 61.8 Å². The Kier molecular flexibility index (Phi) is 6.77. The Bertz CT molecular complexity index is 1170. The molecule has 1 atom stereocenters. The molecule has 6 nitrogen and oxygen atoms in total. The third kappa shape index (κ3) is 4.95. The first-order chi connectivity index (χ1) is 15.4. The fourth-order valence-corrected chi connectivity index (χ4v) is 4.53. The summed E-state index contributed by atoms with van der Waals surface area (Å²) in [5, 5.41) is 8.77. The molecule has 7 heteroatoms. The molecule has 0 aliphatic carbocycles. The maximum absolute atomic E-state index is 13.0. The van der Waals surface area contributed by atoms with Gasteiger partial charge in [-0.2, -0.15) is 0 Å². The Labute approximate surface area is 191 Å². The van der Waals surface area contributed by atoms with Crippen LogP contribution in [0, 0.1) is 0 Å². The number of imidazole rings is 1. The van der Waals surface area contributed by atoms with Crippen molar-refractivity contribution in [2.75, 3.05) is 0 Å². The molecule has 0 saturated heterocycles. The van der Waals surface area contributed by atoms with Crippen molar-refractivity contribution in [2.24, 2.45) is 0 Å². The first kappa shape index (κ1) is 22.3. The number of ether oxygens (including phenoxy) is 1. The van der Waals surface area contributed by atoms with Crippen LogP contribution < -0.4 is 4.74 Å². The highest BCUT2D eigenvalue weighted by molar-refractivity contribution is 7.90. The Morgan fingerprint density at radius 3 is 2.06 bits per heavy atom. The largest absolute Gasteiger partial charge is 0.609 e. The predicted molar refractivity (Wildman–Crippen MR) is 126 cm³/mol. The maximum atomic E-state index is 13.0. The van der Waals surface area contributed by atoms with Crippen LogP contribution in [0.15, 0.2) is 66.1 Å². The van der Waals surface area contributed by atoms with Crippen LogP contribution in [0.4, 0.5) is 0 Å². The van der Waals surface area contributed by atoms with E-state index in [2.05, 4.69) is 79.3 Å². The summed E-state index contributed by atoms with van der Waals surface area (Å²) in [6.45, 7) is 9.01. The quantitative estimate of drug-likeness (QED) is 0.344. The molecule has 4 aromatic rings. The lowest BCUT2D eigenvalue weighted by Crippen LogP contribution is -2.14. The second-order valence-electron chi connectivity index (χ2n) is 8.48. The molecule has 2 aromatic carbocycles. The third-order valence-corrected chi connectivity index (χ3v) is 6.72. The van der Waals surface area contributed by atoms with Gasteiger partial charge in [0, 0.05) is 29.1 Å². The summed E-state index contributed by atoms with van der Waals surface area (Å²) in [6.07, 6.45) is 3.38. The second-order valence-corrected chi connectivity index (χ2v) is 9.82. The zero-order valence-corrected chi connectivity index (χ0v) is 19.7. The van der Waals surface area contributed by atoms with E-state index in [9.17, 15) is 4.55 Å². The minimum atomic E-state index is -1.37. The molecule has 0 spiro atoms.